The average Bonchev–Trinajstić information content (AvgIpc) is 3.27. The number of hydrogen-bond acceptors (Lipinski definition) is 6. The number of methoxy groups -OCH3 is 4. The van der Waals surface area contributed by atoms with Gasteiger partial charge in [-0.2, -0.15) is 9.97 Å². The Morgan fingerprint density at radius 3 is 0.847 bits per heavy atom. The number of pyridine rings is 2. The van der Waals surface area contributed by atoms with Crippen LogP contribution in [0.5, 0.6) is 23.5 Å². The van der Waals surface area contributed by atoms with Gasteiger partial charge in [-0.25, -0.2) is 0 Å². The predicted octanol–water partition coefficient (Wildman–Crippen LogP) is 9.99. The molecule has 2 aromatic heterocycles. The fourth-order valence-corrected chi connectivity index (χ4v) is 11.2. The van der Waals surface area contributed by atoms with Gasteiger partial charge in [0.2, 0.25) is 23.5 Å². The van der Waals surface area contributed by atoms with Crippen molar-refractivity contribution in [2.75, 3.05) is 28.4 Å². The van der Waals surface area contributed by atoms with Crippen LogP contribution in [-0.4, -0.2) is 38.4 Å². The molecule has 59 heavy (non-hydrogen) atoms. The monoisotopic (exact) mass is 950 g/mol. The molecule has 0 aliphatic carbocycles. The zero-order valence-electron chi connectivity index (χ0n) is 34.4. The van der Waals surface area contributed by atoms with Crippen molar-refractivity contribution >= 4 is 67.1 Å². The molecule has 6 nitrogen and oxygen atoms in total. The number of hydrogen-bond donors (Lipinski definition) is 0. The van der Waals surface area contributed by atoms with Gasteiger partial charge in [0.1, 0.15) is 0 Å². The maximum atomic E-state index is 6.19. The molecule has 11 heteroatoms. The van der Waals surface area contributed by atoms with E-state index in [2.05, 4.69) is 137 Å². The van der Waals surface area contributed by atoms with Crippen LogP contribution in [0.15, 0.2) is 146 Å². The molecule has 5 aromatic carbocycles. The van der Waals surface area contributed by atoms with E-state index in [1.807, 2.05) is 36.4 Å². The van der Waals surface area contributed by atoms with Gasteiger partial charge in [0.15, 0.2) is 0 Å². The van der Waals surface area contributed by atoms with Crippen molar-refractivity contribution in [1.29, 1.82) is 0 Å². The first-order valence-corrected chi connectivity index (χ1v) is 25.8. The molecular formula is C48H48Cl2N2O4P2Ru. The smallest absolute Gasteiger partial charge is 0.0623 e. The van der Waals surface area contributed by atoms with E-state index in [0.717, 1.165) is 21.7 Å². The van der Waals surface area contributed by atoms with E-state index in [4.69, 9.17) is 48.3 Å². The van der Waals surface area contributed by atoms with E-state index in [1.165, 1.54) is 43.5 Å². The Kier molecular flexibility index (Phi) is 17.7. The summed E-state index contributed by atoms with van der Waals surface area (Å²) in [4.78, 5) is 9.78. The first-order chi connectivity index (χ1) is 28.6. The standard InChI is InChI=1S/C42H42N2O4P2.C6H6.2ClH.Ru/c1-27-9-17-31(18-10-27)49(32-19-11-28(2)12-20-32)35-25-37(45-5)43-41(47-7)39(35)40-36(26-38(46-6)44-42(40)48-8)50(33-21-13-29(3)14-22-33)34-23-15-30(4)16-24-34;1-2-4-6-5-3-1;;;/h9-26H,1-8H3;1-6H;2*1H;/q;;;;+2/p-2. The van der Waals surface area contributed by atoms with Crippen molar-refractivity contribution in [3.8, 4) is 34.6 Å². The maximum Gasteiger partial charge on any atom is -0.0623 e. The minimum atomic E-state index is -1.14. The van der Waals surface area contributed by atoms with Crippen LogP contribution in [0.2, 0.25) is 0 Å². The van der Waals surface area contributed by atoms with Crippen LogP contribution in [0.3, 0.4) is 0 Å². The number of rotatable bonds is 11. The van der Waals surface area contributed by atoms with Crippen LogP contribution < -0.4 is 50.8 Å². The Bertz CT molecular complexity index is 2100. The summed E-state index contributed by atoms with van der Waals surface area (Å²) >= 11 is -0.346. The van der Waals surface area contributed by atoms with Gasteiger partial charge in [-0.15, -0.1) is 0 Å². The molecule has 0 aliphatic heterocycles. The zero-order valence-corrected chi connectivity index (χ0v) is 39.4. The Morgan fingerprint density at radius 1 is 0.407 bits per heavy atom. The number of halogens is 2. The van der Waals surface area contributed by atoms with Crippen LogP contribution in [0.4, 0.5) is 0 Å². The van der Waals surface area contributed by atoms with Gasteiger partial charge in [0, 0.05) is 22.7 Å². The second-order valence-electron chi connectivity index (χ2n) is 13.4. The SMILES string of the molecule is COc1cc(P(c2ccc(C)cc2)c2ccc(C)cc2)c(-c2c(P(c3ccc(C)cc3)c3ccc(C)cc3)cc(OC)nc2OC)c(OC)n1.[Cl][Ru][Cl].c1ccccc1. The van der Waals surface area contributed by atoms with E-state index in [0.29, 0.717) is 23.5 Å². The van der Waals surface area contributed by atoms with E-state index in [1.54, 1.807) is 28.4 Å². The normalized spacial score (nSPS) is 10.6. The van der Waals surface area contributed by atoms with Gasteiger partial charge in [-0.05, 0) is 64.8 Å². The summed E-state index contributed by atoms with van der Waals surface area (Å²) in [6, 6.07) is 51.2. The fraction of sp³-hybridized carbons (Fsp3) is 0.167. The van der Waals surface area contributed by atoms with Crippen molar-refractivity contribution < 1.29 is 34.1 Å². The number of aromatic nitrogens is 2. The summed E-state index contributed by atoms with van der Waals surface area (Å²) in [6.45, 7) is 8.45. The van der Waals surface area contributed by atoms with E-state index >= 15 is 0 Å². The third kappa shape index (κ3) is 11.9. The van der Waals surface area contributed by atoms with E-state index < -0.39 is 15.8 Å². The molecule has 0 atom stereocenters. The summed E-state index contributed by atoms with van der Waals surface area (Å²) in [5.41, 5.74) is 6.42. The van der Waals surface area contributed by atoms with Crippen LogP contribution in [0, 0.1) is 27.7 Å². The molecule has 0 radical (unpaired) electrons. The molecule has 0 unspecified atom stereocenters. The van der Waals surface area contributed by atoms with Crippen LogP contribution in [0.25, 0.3) is 11.1 Å². The van der Waals surface area contributed by atoms with Crippen LogP contribution in [-0.2, 0) is 15.1 Å². The Morgan fingerprint density at radius 2 is 0.644 bits per heavy atom. The summed E-state index contributed by atoms with van der Waals surface area (Å²) in [5, 5.41) is 6.79. The number of aryl methyl sites for hydroxylation is 4. The van der Waals surface area contributed by atoms with Gasteiger partial charge < -0.3 is 18.9 Å². The summed E-state index contributed by atoms with van der Waals surface area (Å²) in [5.74, 6) is 1.79. The minimum absolute atomic E-state index is 0.346. The minimum Gasteiger partial charge on any atom is -0.0623 e. The summed E-state index contributed by atoms with van der Waals surface area (Å²) in [7, 11) is 14.0. The van der Waals surface area contributed by atoms with Crippen molar-refractivity contribution in [1.82, 2.24) is 9.97 Å². The average molecular weight is 951 g/mol. The molecule has 0 saturated carbocycles. The molecule has 0 N–H and O–H groups in total. The van der Waals surface area contributed by atoms with Crippen molar-refractivity contribution in [3.05, 3.63) is 168 Å². The van der Waals surface area contributed by atoms with Gasteiger partial charge in [-0.1, -0.05) is 156 Å². The fourth-order valence-electron chi connectivity index (χ4n) is 6.32. The topological polar surface area (TPSA) is 62.7 Å². The third-order valence-electron chi connectivity index (χ3n) is 9.26. The molecule has 7 rings (SSSR count). The second kappa shape index (κ2) is 22.9. The Hall–Kier alpha value is -4.34. The van der Waals surface area contributed by atoms with Gasteiger partial charge in [-0.3, -0.25) is 0 Å². The van der Waals surface area contributed by atoms with Gasteiger partial charge >= 0.3 is 34.5 Å². The third-order valence-corrected chi connectivity index (χ3v) is 14.2. The van der Waals surface area contributed by atoms with E-state index in [-0.39, 0.29) is 15.1 Å². The largest absolute Gasteiger partial charge is 0.0623 e. The van der Waals surface area contributed by atoms with Crippen molar-refractivity contribution in [2.45, 2.75) is 27.7 Å². The van der Waals surface area contributed by atoms with Crippen LogP contribution in [0.1, 0.15) is 22.3 Å². The molecule has 7 aromatic rings. The Labute approximate surface area is 367 Å². The molecule has 0 aliphatic rings. The molecule has 0 spiro atoms. The molecule has 2 heterocycles. The van der Waals surface area contributed by atoms with Gasteiger partial charge in [0.25, 0.3) is 0 Å². The Balaban J connectivity index is 0.000000657. The molecule has 0 saturated heterocycles. The first kappa shape index (κ1) is 45.7. The maximum absolute atomic E-state index is 6.19. The summed E-state index contributed by atoms with van der Waals surface area (Å²) in [6.07, 6.45) is 0. The number of benzene rings is 5. The molecule has 0 amide bonds. The molecule has 0 bridgehead atoms. The molecule has 306 valence electrons. The van der Waals surface area contributed by atoms with Gasteiger partial charge in [0.05, 0.1) is 39.6 Å². The zero-order chi connectivity index (χ0) is 42.3. The van der Waals surface area contributed by atoms with Crippen molar-refractivity contribution in [2.24, 2.45) is 0 Å². The number of nitrogens with zero attached hydrogens (tertiary/aromatic N) is 2. The number of ether oxygens (including phenoxy) is 4. The van der Waals surface area contributed by atoms with Crippen LogP contribution >= 0.6 is 35.2 Å². The summed E-state index contributed by atoms with van der Waals surface area (Å²) < 4.78 is 24.1. The predicted molar refractivity (Wildman–Crippen MR) is 248 cm³/mol. The molecular weight excluding hydrogens is 902 g/mol. The molecule has 0 fully saturated rings. The van der Waals surface area contributed by atoms with E-state index in [9.17, 15) is 0 Å². The first-order valence-electron chi connectivity index (χ1n) is 18.6. The van der Waals surface area contributed by atoms with Crippen molar-refractivity contribution in [3.63, 3.8) is 0 Å². The quantitative estimate of drug-likeness (QED) is 0.0952. The second-order valence-corrected chi connectivity index (χ2v) is 20.4.